The number of benzene rings is 2. The van der Waals surface area contributed by atoms with Crippen LogP contribution in [0.4, 0.5) is 0 Å². The Labute approximate surface area is 250 Å². The Morgan fingerprint density at radius 1 is 1.17 bits per heavy atom. The van der Waals surface area contributed by atoms with E-state index in [0.717, 1.165) is 5.56 Å². The van der Waals surface area contributed by atoms with Crippen LogP contribution in [-0.2, 0) is 17.9 Å². The SMILES string of the molecule is CC(CO)(NCc1cc(Cl)c(OCC2C=CC=C(c3ccccc3)C2(C)C)cc1OCc1cncc(C#N)c1)C(=O)O. The molecule has 8 nitrogen and oxygen atoms in total. The number of hydrogen-bond acceptors (Lipinski definition) is 7. The van der Waals surface area contributed by atoms with Crippen LogP contribution < -0.4 is 14.8 Å². The molecular formula is C33H34ClN3O5. The number of pyridine rings is 1. The van der Waals surface area contributed by atoms with Crippen LogP contribution in [0.1, 0.15) is 43.0 Å². The lowest BCUT2D eigenvalue weighted by atomic mass is 9.68. The second-order valence-electron chi connectivity index (χ2n) is 11.0. The highest BCUT2D eigenvalue weighted by Crippen LogP contribution is 2.45. The van der Waals surface area contributed by atoms with E-state index in [-0.39, 0.29) is 24.5 Å². The van der Waals surface area contributed by atoms with Crippen molar-refractivity contribution in [3.05, 3.63) is 106 Å². The lowest BCUT2D eigenvalue weighted by Crippen LogP contribution is -2.52. The lowest BCUT2D eigenvalue weighted by Gasteiger charge is -2.37. The molecule has 4 rings (SSSR count). The van der Waals surface area contributed by atoms with Gasteiger partial charge in [0.2, 0.25) is 0 Å². The van der Waals surface area contributed by atoms with E-state index in [1.165, 1.54) is 18.7 Å². The minimum atomic E-state index is -1.56. The number of rotatable bonds is 12. The molecule has 1 aromatic heterocycles. The van der Waals surface area contributed by atoms with Gasteiger partial charge in [-0.2, -0.15) is 5.26 Å². The molecule has 3 N–H and O–H groups in total. The number of carbonyl (C=O) groups is 1. The summed E-state index contributed by atoms with van der Waals surface area (Å²) in [5.41, 5.74) is 2.27. The zero-order valence-electron chi connectivity index (χ0n) is 23.8. The number of hydrogen-bond donors (Lipinski definition) is 3. The number of aliphatic carboxylic acids is 1. The topological polar surface area (TPSA) is 125 Å². The van der Waals surface area contributed by atoms with Gasteiger partial charge in [0.05, 0.1) is 23.8 Å². The molecular weight excluding hydrogens is 554 g/mol. The molecule has 0 bridgehead atoms. The summed E-state index contributed by atoms with van der Waals surface area (Å²) < 4.78 is 12.4. The van der Waals surface area contributed by atoms with Crippen LogP contribution >= 0.6 is 11.6 Å². The van der Waals surface area contributed by atoms with Crippen molar-refractivity contribution in [2.75, 3.05) is 13.2 Å². The molecule has 0 aliphatic heterocycles. The molecule has 0 saturated heterocycles. The largest absolute Gasteiger partial charge is 0.491 e. The number of nitrogens with one attached hydrogen (secondary N) is 1. The van der Waals surface area contributed by atoms with E-state index in [9.17, 15) is 20.3 Å². The highest BCUT2D eigenvalue weighted by Gasteiger charge is 2.35. The Morgan fingerprint density at radius 3 is 2.62 bits per heavy atom. The monoisotopic (exact) mass is 587 g/mol. The van der Waals surface area contributed by atoms with Crippen LogP contribution in [0.5, 0.6) is 11.5 Å². The minimum absolute atomic E-state index is 0.0544. The summed E-state index contributed by atoms with van der Waals surface area (Å²) in [7, 11) is 0. The maximum absolute atomic E-state index is 11.7. The summed E-state index contributed by atoms with van der Waals surface area (Å²) in [6, 6.07) is 17.4. The predicted octanol–water partition coefficient (Wildman–Crippen LogP) is 5.79. The van der Waals surface area contributed by atoms with Gasteiger partial charge >= 0.3 is 5.97 Å². The standard InChI is InChI=1S/C33H34ClN3O5/c1-32(2)26(10-7-11-27(32)24-8-5-4-6-9-24)20-42-30-14-29(41-19-23-12-22(15-35)16-36-17-23)25(13-28(30)34)18-37-33(3,21-38)31(39)40/h4-14,16-17,26,37-38H,18-21H2,1-3H3,(H,39,40). The zero-order valence-corrected chi connectivity index (χ0v) is 24.6. The van der Waals surface area contributed by atoms with Crippen LogP contribution in [-0.4, -0.2) is 39.9 Å². The average molecular weight is 588 g/mol. The fourth-order valence-electron chi connectivity index (χ4n) is 4.71. The van der Waals surface area contributed by atoms with Crippen molar-refractivity contribution in [1.82, 2.24) is 10.3 Å². The molecule has 2 atom stereocenters. The van der Waals surface area contributed by atoms with E-state index in [0.29, 0.717) is 39.8 Å². The third kappa shape index (κ3) is 7.00. The van der Waals surface area contributed by atoms with Gasteiger partial charge in [-0.3, -0.25) is 15.1 Å². The zero-order chi connectivity index (χ0) is 30.3. The van der Waals surface area contributed by atoms with E-state index in [4.69, 9.17) is 21.1 Å². The quantitative estimate of drug-likeness (QED) is 0.243. The first-order valence-corrected chi connectivity index (χ1v) is 13.9. The summed E-state index contributed by atoms with van der Waals surface area (Å²) in [5, 5.41) is 31.7. The number of allylic oxidation sites excluding steroid dienone is 3. The molecule has 0 fully saturated rings. The number of carboxylic acids is 1. The minimum Gasteiger partial charge on any atom is -0.491 e. The van der Waals surface area contributed by atoms with Gasteiger partial charge in [0.25, 0.3) is 0 Å². The molecule has 42 heavy (non-hydrogen) atoms. The molecule has 0 radical (unpaired) electrons. The molecule has 218 valence electrons. The van der Waals surface area contributed by atoms with Gasteiger partial charge in [-0.05, 0) is 35.6 Å². The average Bonchev–Trinajstić information content (AvgIpc) is 2.99. The van der Waals surface area contributed by atoms with Crippen molar-refractivity contribution in [1.29, 1.82) is 5.26 Å². The third-order valence-corrected chi connectivity index (χ3v) is 7.92. The Bertz CT molecular complexity index is 1530. The molecule has 1 aliphatic carbocycles. The molecule has 9 heteroatoms. The van der Waals surface area contributed by atoms with Crippen molar-refractivity contribution in [2.24, 2.45) is 11.3 Å². The first-order chi connectivity index (χ1) is 20.1. The Kier molecular flexibility index (Phi) is 9.69. The summed E-state index contributed by atoms with van der Waals surface area (Å²) in [4.78, 5) is 15.8. The second-order valence-corrected chi connectivity index (χ2v) is 11.4. The predicted molar refractivity (Wildman–Crippen MR) is 161 cm³/mol. The Balaban J connectivity index is 1.57. The lowest BCUT2D eigenvalue weighted by molar-refractivity contribution is -0.145. The number of aliphatic hydroxyl groups is 1. The fourth-order valence-corrected chi connectivity index (χ4v) is 4.95. The van der Waals surface area contributed by atoms with Crippen molar-refractivity contribution in [3.63, 3.8) is 0 Å². The molecule has 1 aliphatic rings. The van der Waals surface area contributed by atoms with Crippen LogP contribution in [0, 0.1) is 22.7 Å². The molecule has 2 unspecified atom stereocenters. The highest BCUT2D eigenvalue weighted by atomic mass is 35.5. The number of aromatic nitrogens is 1. The first-order valence-electron chi connectivity index (χ1n) is 13.5. The normalized spacial score (nSPS) is 17.0. The van der Waals surface area contributed by atoms with Crippen molar-refractivity contribution in [3.8, 4) is 17.6 Å². The summed E-state index contributed by atoms with van der Waals surface area (Å²) >= 11 is 6.67. The second kappa shape index (κ2) is 13.2. The first kappa shape index (κ1) is 30.8. The van der Waals surface area contributed by atoms with Crippen LogP contribution in [0.25, 0.3) is 5.57 Å². The van der Waals surface area contributed by atoms with Crippen molar-refractivity contribution >= 4 is 23.1 Å². The van der Waals surface area contributed by atoms with E-state index < -0.39 is 18.1 Å². The van der Waals surface area contributed by atoms with Crippen LogP contribution in [0.3, 0.4) is 0 Å². The Morgan fingerprint density at radius 2 is 1.93 bits per heavy atom. The van der Waals surface area contributed by atoms with Gasteiger partial charge < -0.3 is 19.7 Å². The van der Waals surface area contributed by atoms with Gasteiger partial charge in [0.15, 0.2) is 0 Å². The number of nitrogens with zero attached hydrogens (tertiary/aromatic N) is 2. The molecule has 0 amide bonds. The molecule has 2 aromatic carbocycles. The summed E-state index contributed by atoms with van der Waals surface area (Å²) in [6.45, 7) is 5.70. The van der Waals surface area contributed by atoms with E-state index in [1.807, 2.05) is 18.2 Å². The summed E-state index contributed by atoms with van der Waals surface area (Å²) in [5.74, 6) is -0.300. The van der Waals surface area contributed by atoms with E-state index in [1.54, 1.807) is 24.4 Å². The maximum Gasteiger partial charge on any atom is 0.326 e. The van der Waals surface area contributed by atoms with Gasteiger partial charge in [0, 0.05) is 42.0 Å². The number of halogens is 1. The van der Waals surface area contributed by atoms with Gasteiger partial charge in [0.1, 0.15) is 29.7 Å². The van der Waals surface area contributed by atoms with Gasteiger partial charge in [-0.25, -0.2) is 0 Å². The molecule has 1 heterocycles. The van der Waals surface area contributed by atoms with E-state index in [2.05, 4.69) is 60.6 Å². The van der Waals surface area contributed by atoms with Gasteiger partial charge in [-0.15, -0.1) is 0 Å². The number of ether oxygens (including phenoxy) is 2. The maximum atomic E-state index is 11.7. The number of aliphatic hydroxyl groups excluding tert-OH is 1. The highest BCUT2D eigenvalue weighted by molar-refractivity contribution is 6.32. The number of carboxylic acid groups (broad SMARTS) is 1. The fraction of sp³-hybridized carbons (Fsp3) is 0.303. The Hall–Kier alpha value is -4.16. The van der Waals surface area contributed by atoms with Crippen molar-refractivity contribution < 1.29 is 24.5 Å². The van der Waals surface area contributed by atoms with Gasteiger partial charge in [-0.1, -0.05) is 74.0 Å². The van der Waals surface area contributed by atoms with Crippen molar-refractivity contribution in [2.45, 2.75) is 39.5 Å². The molecule has 0 saturated carbocycles. The third-order valence-electron chi connectivity index (χ3n) is 7.62. The smallest absolute Gasteiger partial charge is 0.326 e. The molecule has 3 aromatic rings. The molecule has 0 spiro atoms. The van der Waals surface area contributed by atoms with Crippen LogP contribution in [0.2, 0.25) is 5.02 Å². The van der Waals surface area contributed by atoms with E-state index >= 15 is 0 Å². The summed E-state index contributed by atoms with van der Waals surface area (Å²) in [6.07, 6.45) is 9.40. The number of nitriles is 1. The van der Waals surface area contributed by atoms with Crippen LogP contribution in [0.15, 0.2) is 79.2 Å².